The van der Waals surface area contributed by atoms with Crippen LogP contribution in [0, 0.1) is 10.8 Å². The Bertz CT molecular complexity index is 1710. The van der Waals surface area contributed by atoms with E-state index in [4.69, 9.17) is 9.97 Å². The summed E-state index contributed by atoms with van der Waals surface area (Å²) in [7, 11) is 0. The van der Waals surface area contributed by atoms with Crippen molar-refractivity contribution in [1.82, 2.24) is 24.8 Å². The van der Waals surface area contributed by atoms with Gasteiger partial charge in [-0.1, -0.05) is 20.8 Å². The van der Waals surface area contributed by atoms with Crippen LogP contribution in [0.5, 0.6) is 0 Å². The summed E-state index contributed by atoms with van der Waals surface area (Å²) >= 11 is 0. The maximum absolute atomic E-state index is 13.3. The monoisotopic (exact) mass is 476 g/mol. The molecule has 2 fully saturated rings. The number of hydrogen-bond acceptors (Lipinski definition) is 5. The third-order valence-electron chi connectivity index (χ3n) is 7.94. The number of carbonyl (C=O) groups excluding carboxylic acids is 1. The highest BCUT2D eigenvalue weighted by Crippen LogP contribution is 2.52. The molecule has 0 unspecified atom stereocenters. The molecule has 2 bridgehead atoms. The third kappa shape index (κ3) is 3.29. The number of fused-ring (bicyclic) bond motifs is 9. The number of nitrogens with one attached hydrogen (secondary N) is 1. The van der Waals surface area contributed by atoms with Gasteiger partial charge in [0, 0.05) is 41.4 Å². The molecule has 5 aromatic rings. The number of rotatable bonds is 1. The fourth-order valence-electron chi connectivity index (χ4n) is 6.97. The second-order valence-corrected chi connectivity index (χ2v) is 11.7. The molecule has 36 heavy (non-hydrogen) atoms. The molecule has 0 radical (unpaired) electrons. The van der Waals surface area contributed by atoms with Gasteiger partial charge in [0.25, 0.3) is 0 Å². The maximum atomic E-state index is 13.3. The van der Waals surface area contributed by atoms with Gasteiger partial charge in [0.05, 0.1) is 33.1 Å². The van der Waals surface area contributed by atoms with Crippen LogP contribution in [0.3, 0.4) is 0 Å². The molecule has 2 aliphatic rings. The van der Waals surface area contributed by atoms with Gasteiger partial charge >= 0.3 is 6.03 Å². The molecule has 2 amide bonds. The molecule has 1 saturated carbocycles. The lowest BCUT2D eigenvalue weighted by atomic mass is 9.65. The van der Waals surface area contributed by atoms with Gasteiger partial charge < -0.3 is 10.2 Å². The normalized spacial score (nSPS) is 23.1. The average Bonchev–Trinajstić information content (AvgIpc) is 3.11. The highest BCUT2D eigenvalue weighted by Gasteiger charge is 2.51. The molecule has 7 rings (SSSR count). The standard InChI is InChI=1S/C29H28N6O/c1-28(2)13-18-14-29(3,15-28)16-35(18)27(36)32-17-8-9-21-22(12-17)34-26-20-7-5-11-31-24(20)23-19(25(26)33-21)6-4-10-30-23/h4-12,18H,13-16H2,1-3H3,(H,32,36)/t18-,29+/m0/s1. The van der Waals surface area contributed by atoms with Crippen LogP contribution in [0.25, 0.3) is 43.9 Å². The smallest absolute Gasteiger partial charge is 0.321 e. The first-order valence-corrected chi connectivity index (χ1v) is 12.6. The molecular formula is C29H28N6O. The van der Waals surface area contributed by atoms with E-state index in [1.165, 1.54) is 0 Å². The number of amides is 2. The van der Waals surface area contributed by atoms with Gasteiger partial charge in [-0.05, 0) is 72.6 Å². The van der Waals surface area contributed by atoms with Gasteiger partial charge in [0.15, 0.2) is 0 Å². The molecule has 3 aromatic heterocycles. The zero-order valence-electron chi connectivity index (χ0n) is 20.7. The van der Waals surface area contributed by atoms with Crippen LogP contribution in [-0.4, -0.2) is 43.5 Å². The third-order valence-corrected chi connectivity index (χ3v) is 7.94. The summed E-state index contributed by atoms with van der Waals surface area (Å²) in [5.41, 5.74) is 5.95. The summed E-state index contributed by atoms with van der Waals surface area (Å²) in [4.78, 5) is 34.5. The number of nitrogens with zero attached hydrogens (tertiary/aromatic N) is 5. The van der Waals surface area contributed by atoms with Gasteiger partial charge in [-0.25, -0.2) is 14.8 Å². The second-order valence-electron chi connectivity index (χ2n) is 11.7. The molecule has 0 spiro atoms. The first kappa shape index (κ1) is 21.4. The van der Waals surface area contributed by atoms with E-state index in [1.54, 1.807) is 12.4 Å². The minimum Gasteiger partial charge on any atom is -0.321 e. The number of aromatic nitrogens is 4. The Labute approximate surface area is 209 Å². The van der Waals surface area contributed by atoms with E-state index >= 15 is 0 Å². The number of hydrogen-bond donors (Lipinski definition) is 1. The van der Waals surface area contributed by atoms with Gasteiger partial charge in [-0.15, -0.1) is 0 Å². The van der Waals surface area contributed by atoms with E-state index in [9.17, 15) is 4.79 Å². The SMILES string of the molecule is CC1(C)C[C@H]2C[C@@](C)(CN2C(=O)Nc2ccc3nc4c5cccnc5c5ncccc5c4nc3c2)C1. The Morgan fingerprint density at radius 1 is 0.889 bits per heavy atom. The molecule has 7 heteroatoms. The second kappa shape index (κ2) is 7.32. The van der Waals surface area contributed by atoms with E-state index in [0.29, 0.717) is 6.04 Å². The first-order chi connectivity index (χ1) is 17.3. The van der Waals surface area contributed by atoms with Crippen molar-refractivity contribution in [2.75, 3.05) is 11.9 Å². The minimum atomic E-state index is -0.0266. The Hall–Kier alpha value is -3.87. The number of carbonyl (C=O) groups is 1. The van der Waals surface area contributed by atoms with E-state index in [0.717, 1.165) is 75.4 Å². The summed E-state index contributed by atoms with van der Waals surface area (Å²) < 4.78 is 0. The van der Waals surface area contributed by atoms with Crippen molar-refractivity contribution in [3.63, 3.8) is 0 Å². The largest absolute Gasteiger partial charge is 0.322 e. The molecule has 1 aliphatic carbocycles. The Morgan fingerprint density at radius 3 is 2.25 bits per heavy atom. The lowest BCUT2D eigenvalue weighted by molar-refractivity contribution is 0.130. The highest BCUT2D eigenvalue weighted by atomic mass is 16.2. The Morgan fingerprint density at radius 2 is 1.56 bits per heavy atom. The van der Waals surface area contributed by atoms with Crippen LogP contribution in [0.1, 0.15) is 40.0 Å². The van der Waals surface area contributed by atoms with Crippen molar-refractivity contribution >= 4 is 55.6 Å². The van der Waals surface area contributed by atoms with Crippen molar-refractivity contribution in [3.05, 3.63) is 54.9 Å². The highest BCUT2D eigenvalue weighted by molar-refractivity contribution is 6.21. The summed E-state index contributed by atoms with van der Waals surface area (Å²) in [6.07, 6.45) is 6.85. The first-order valence-electron chi connectivity index (χ1n) is 12.6. The van der Waals surface area contributed by atoms with Crippen molar-refractivity contribution < 1.29 is 4.79 Å². The van der Waals surface area contributed by atoms with E-state index < -0.39 is 0 Å². The van der Waals surface area contributed by atoms with Crippen molar-refractivity contribution in [1.29, 1.82) is 0 Å². The topological polar surface area (TPSA) is 83.9 Å². The zero-order chi connectivity index (χ0) is 24.7. The number of benzene rings is 2. The molecule has 1 N–H and O–H groups in total. The quantitative estimate of drug-likeness (QED) is 0.226. The fraction of sp³-hybridized carbons (Fsp3) is 0.345. The van der Waals surface area contributed by atoms with Crippen LogP contribution in [0.4, 0.5) is 10.5 Å². The summed E-state index contributed by atoms with van der Waals surface area (Å²) in [6.45, 7) is 7.78. The van der Waals surface area contributed by atoms with Crippen molar-refractivity contribution in [3.8, 4) is 0 Å². The molecule has 2 atom stereocenters. The van der Waals surface area contributed by atoms with Crippen LogP contribution in [-0.2, 0) is 0 Å². The lowest BCUT2D eigenvalue weighted by Crippen LogP contribution is -2.40. The molecule has 180 valence electrons. The molecule has 1 aliphatic heterocycles. The molecule has 4 heterocycles. The molecule has 1 saturated heterocycles. The van der Waals surface area contributed by atoms with Gasteiger partial charge in [0.1, 0.15) is 0 Å². The van der Waals surface area contributed by atoms with E-state index in [-0.39, 0.29) is 16.9 Å². The van der Waals surface area contributed by atoms with E-state index in [2.05, 4.69) is 36.1 Å². The predicted octanol–water partition coefficient (Wildman–Crippen LogP) is 6.31. The average molecular weight is 477 g/mol. The lowest BCUT2D eigenvalue weighted by Gasteiger charge is -2.39. The van der Waals surface area contributed by atoms with Crippen LogP contribution >= 0.6 is 0 Å². The van der Waals surface area contributed by atoms with Crippen LogP contribution < -0.4 is 5.32 Å². The molecule has 2 aromatic carbocycles. The van der Waals surface area contributed by atoms with E-state index in [1.807, 2.05) is 47.4 Å². The van der Waals surface area contributed by atoms with Crippen LogP contribution in [0.15, 0.2) is 54.9 Å². The Kier molecular flexibility index (Phi) is 4.36. The molecule has 7 nitrogen and oxygen atoms in total. The van der Waals surface area contributed by atoms with Crippen LogP contribution in [0.2, 0.25) is 0 Å². The maximum Gasteiger partial charge on any atom is 0.322 e. The molecular weight excluding hydrogens is 448 g/mol. The number of anilines is 1. The van der Waals surface area contributed by atoms with Gasteiger partial charge in [-0.2, -0.15) is 0 Å². The van der Waals surface area contributed by atoms with Crippen molar-refractivity contribution in [2.24, 2.45) is 10.8 Å². The number of likely N-dealkylation sites (tertiary alicyclic amines) is 1. The summed E-state index contributed by atoms with van der Waals surface area (Å²) in [6, 6.07) is 13.9. The van der Waals surface area contributed by atoms with Crippen molar-refractivity contribution in [2.45, 2.75) is 46.1 Å². The minimum absolute atomic E-state index is 0.0266. The predicted molar refractivity (Wildman–Crippen MR) is 143 cm³/mol. The zero-order valence-corrected chi connectivity index (χ0v) is 20.7. The summed E-state index contributed by atoms with van der Waals surface area (Å²) in [5.74, 6) is 0. The summed E-state index contributed by atoms with van der Waals surface area (Å²) in [5, 5.41) is 5.00. The number of pyridine rings is 2. The Balaban J connectivity index is 1.29. The fourth-order valence-corrected chi connectivity index (χ4v) is 6.97. The number of urea groups is 1. The van der Waals surface area contributed by atoms with Gasteiger partial charge in [-0.3, -0.25) is 9.97 Å². The van der Waals surface area contributed by atoms with Gasteiger partial charge in [0.2, 0.25) is 0 Å².